The SMILES string of the molecule is CC1NC(=O)NN=C1c1ccc(F)c(C(F)(F)F)c1. The minimum absolute atomic E-state index is 0.0914. The Hall–Kier alpha value is -2.12. The first-order valence-electron chi connectivity index (χ1n) is 5.30. The van der Waals surface area contributed by atoms with Crippen LogP contribution in [0.15, 0.2) is 23.3 Å². The molecule has 1 aliphatic heterocycles. The predicted octanol–water partition coefficient (Wildman–Crippen LogP) is 2.25. The maximum atomic E-state index is 13.1. The number of halogens is 4. The van der Waals surface area contributed by atoms with Crippen LogP contribution in [0.3, 0.4) is 0 Å². The lowest BCUT2D eigenvalue weighted by atomic mass is 10.0. The molecule has 102 valence electrons. The monoisotopic (exact) mass is 275 g/mol. The molecule has 0 saturated heterocycles. The molecule has 0 fully saturated rings. The highest BCUT2D eigenvalue weighted by Gasteiger charge is 2.35. The van der Waals surface area contributed by atoms with E-state index in [1.807, 2.05) is 0 Å². The van der Waals surface area contributed by atoms with E-state index in [4.69, 9.17) is 0 Å². The largest absolute Gasteiger partial charge is 0.419 e. The highest BCUT2D eigenvalue weighted by Crippen LogP contribution is 2.32. The summed E-state index contributed by atoms with van der Waals surface area (Å²) in [4.78, 5) is 11.0. The third kappa shape index (κ3) is 2.67. The van der Waals surface area contributed by atoms with Crippen LogP contribution in [0, 0.1) is 5.82 Å². The van der Waals surface area contributed by atoms with Gasteiger partial charge >= 0.3 is 12.2 Å². The fourth-order valence-electron chi connectivity index (χ4n) is 1.72. The van der Waals surface area contributed by atoms with Crippen LogP contribution in [0.2, 0.25) is 0 Å². The van der Waals surface area contributed by atoms with E-state index in [0.29, 0.717) is 6.07 Å². The first kappa shape index (κ1) is 13.3. The fraction of sp³-hybridized carbons (Fsp3) is 0.273. The Balaban J connectivity index is 2.45. The first-order valence-corrected chi connectivity index (χ1v) is 5.30. The van der Waals surface area contributed by atoms with Crippen molar-refractivity contribution >= 4 is 11.7 Å². The van der Waals surface area contributed by atoms with Crippen molar-refractivity contribution in [1.82, 2.24) is 10.7 Å². The van der Waals surface area contributed by atoms with Gasteiger partial charge in [-0.25, -0.2) is 14.6 Å². The zero-order valence-electron chi connectivity index (χ0n) is 9.68. The Labute approximate surface area is 105 Å². The van der Waals surface area contributed by atoms with Gasteiger partial charge in [0.2, 0.25) is 0 Å². The third-order valence-electron chi connectivity index (χ3n) is 2.60. The van der Waals surface area contributed by atoms with E-state index >= 15 is 0 Å². The van der Waals surface area contributed by atoms with Crippen LogP contribution in [-0.4, -0.2) is 17.8 Å². The smallest absolute Gasteiger partial charge is 0.328 e. The van der Waals surface area contributed by atoms with Crippen molar-refractivity contribution < 1.29 is 22.4 Å². The van der Waals surface area contributed by atoms with E-state index in [0.717, 1.165) is 6.07 Å². The molecule has 0 radical (unpaired) electrons. The summed E-state index contributed by atoms with van der Waals surface area (Å²) in [5, 5.41) is 6.12. The van der Waals surface area contributed by atoms with Crippen molar-refractivity contribution in [3.05, 3.63) is 35.1 Å². The molecule has 0 bridgehead atoms. The van der Waals surface area contributed by atoms with E-state index in [9.17, 15) is 22.4 Å². The Morgan fingerprint density at radius 1 is 1.32 bits per heavy atom. The molecule has 8 heteroatoms. The zero-order valence-corrected chi connectivity index (χ0v) is 9.68. The van der Waals surface area contributed by atoms with Crippen molar-refractivity contribution in [3.8, 4) is 0 Å². The number of benzene rings is 1. The minimum atomic E-state index is -4.78. The molecule has 1 heterocycles. The summed E-state index contributed by atoms with van der Waals surface area (Å²) in [6, 6.07) is 1.46. The second-order valence-electron chi connectivity index (χ2n) is 4.00. The van der Waals surface area contributed by atoms with Crippen LogP contribution in [0.1, 0.15) is 18.1 Å². The van der Waals surface area contributed by atoms with Gasteiger partial charge in [0.05, 0.1) is 17.3 Å². The van der Waals surface area contributed by atoms with Crippen LogP contribution in [0.25, 0.3) is 0 Å². The van der Waals surface area contributed by atoms with Gasteiger partial charge in [0, 0.05) is 5.56 Å². The summed E-state index contributed by atoms with van der Waals surface area (Å²) in [6.45, 7) is 1.56. The van der Waals surface area contributed by atoms with Gasteiger partial charge in [0.15, 0.2) is 0 Å². The lowest BCUT2D eigenvalue weighted by Crippen LogP contribution is -2.48. The topological polar surface area (TPSA) is 53.5 Å². The summed E-state index contributed by atoms with van der Waals surface area (Å²) in [6.07, 6.45) is -4.78. The Morgan fingerprint density at radius 2 is 2.00 bits per heavy atom. The summed E-state index contributed by atoms with van der Waals surface area (Å²) in [7, 11) is 0. The van der Waals surface area contributed by atoms with Gasteiger partial charge in [-0.15, -0.1) is 0 Å². The molecule has 2 N–H and O–H groups in total. The number of nitrogens with zero attached hydrogens (tertiary/aromatic N) is 1. The Kier molecular flexibility index (Phi) is 3.17. The Morgan fingerprint density at radius 3 is 2.58 bits per heavy atom. The maximum absolute atomic E-state index is 13.1. The molecular weight excluding hydrogens is 266 g/mol. The molecule has 1 unspecified atom stereocenters. The van der Waals surface area contributed by atoms with Crippen molar-refractivity contribution in [2.45, 2.75) is 19.1 Å². The van der Waals surface area contributed by atoms with Crippen LogP contribution < -0.4 is 10.7 Å². The number of alkyl halides is 3. The summed E-state index contributed by atoms with van der Waals surface area (Å²) < 4.78 is 50.9. The molecule has 0 spiro atoms. The fourth-order valence-corrected chi connectivity index (χ4v) is 1.72. The second kappa shape index (κ2) is 4.52. The van der Waals surface area contributed by atoms with Gasteiger partial charge in [0.1, 0.15) is 5.82 Å². The number of hydrazone groups is 1. The van der Waals surface area contributed by atoms with Gasteiger partial charge in [-0.1, -0.05) is 6.07 Å². The van der Waals surface area contributed by atoms with Crippen LogP contribution in [0.4, 0.5) is 22.4 Å². The van der Waals surface area contributed by atoms with Gasteiger partial charge in [-0.2, -0.15) is 18.3 Å². The third-order valence-corrected chi connectivity index (χ3v) is 2.60. The van der Waals surface area contributed by atoms with E-state index < -0.39 is 29.6 Å². The van der Waals surface area contributed by atoms with Crippen molar-refractivity contribution in [2.75, 3.05) is 0 Å². The predicted molar refractivity (Wildman–Crippen MR) is 59.1 cm³/mol. The minimum Gasteiger partial charge on any atom is -0.328 e. The Bertz CT molecular complexity index is 553. The average molecular weight is 275 g/mol. The summed E-state index contributed by atoms with van der Waals surface area (Å²) >= 11 is 0. The number of nitrogens with one attached hydrogen (secondary N) is 2. The number of hydrogen-bond donors (Lipinski definition) is 2. The molecular formula is C11H9F4N3O. The van der Waals surface area contributed by atoms with Crippen LogP contribution >= 0.6 is 0 Å². The molecule has 1 aliphatic rings. The van der Waals surface area contributed by atoms with E-state index in [-0.39, 0.29) is 11.3 Å². The highest BCUT2D eigenvalue weighted by molar-refractivity contribution is 6.07. The number of carbonyl (C=O) groups excluding carboxylic acids is 1. The number of amides is 2. The van der Waals surface area contributed by atoms with E-state index in [1.165, 1.54) is 6.07 Å². The molecule has 1 aromatic carbocycles. The molecule has 0 aromatic heterocycles. The molecule has 2 rings (SSSR count). The molecule has 1 aromatic rings. The number of hydrogen-bond acceptors (Lipinski definition) is 2. The maximum Gasteiger partial charge on any atom is 0.419 e. The van der Waals surface area contributed by atoms with Gasteiger partial charge in [0.25, 0.3) is 0 Å². The van der Waals surface area contributed by atoms with E-state index in [1.54, 1.807) is 6.92 Å². The van der Waals surface area contributed by atoms with Gasteiger partial charge < -0.3 is 5.32 Å². The lowest BCUT2D eigenvalue weighted by Gasteiger charge is -2.21. The number of rotatable bonds is 1. The van der Waals surface area contributed by atoms with Gasteiger partial charge in [-0.3, -0.25) is 0 Å². The molecule has 0 aliphatic carbocycles. The number of urea groups is 1. The van der Waals surface area contributed by atoms with Crippen molar-refractivity contribution in [3.63, 3.8) is 0 Å². The van der Waals surface area contributed by atoms with Crippen molar-refractivity contribution in [1.29, 1.82) is 0 Å². The second-order valence-corrected chi connectivity index (χ2v) is 4.00. The molecule has 19 heavy (non-hydrogen) atoms. The number of carbonyl (C=O) groups is 1. The zero-order chi connectivity index (χ0) is 14.2. The normalized spacial score (nSPS) is 19.5. The molecule has 0 saturated carbocycles. The van der Waals surface area contributed by atoms with Crippen molar-refractivity contribution in [2.24, 2.45) is 5.10 Å². The summed E-state index contributed by atoms with van der Waals surface area (Å²) in [5.41, 5.74) is 1.02. The standard InChI is InChI=1S/C11H9F4N3O/c1-5-9(17-18-10(19)16-5)6-2-3-8(12)7(4-6)11(13,14)15/h2-5H,1H3,(H2,16,18,19). The molecule has 2 amide bonds. The van der Waals surface area contributed by atoms with Crippen LogP contribution in [-0.2, 0) is 6.18 Å². The molecule has 4 nitrogen and oxygen atoms in total. The summed E-state index contributed by atoms with van der Waals surface area (Å²) in [5.74, 6) is -1.35. The van der Waals surface area contributed by atoms with Crippen LogP contribution in [0.5, 0.6) is 0 Å². The van der Waals surface area contributed by atoms with E-state index in [2.05, 4.69) is 15.8 Å². The quantitative estimate of drug-likeness (QED) is 0.759. The van der Waals surface area contributed by atoms with Gasteiger partial charge in [-0.05, 0) is 19.1 Å². The highest BCUT2D eigenvalue weighted by atomic mass is 19.4. The molecule has 1 atom stereocenters. The average Bonchev–Trinajstić information content (AvgIpc) is 2.29. The lowest BCUT2D eigenvalue weighted by molar-refractivity contribution is -0.140. The first-order chi connectivity index (χ1) is 8.79.